The summed E-state index contributed by atoms with van der Waals surface area (Å²) in [6.07, 6.45) is 0.780. The number of rotatable bonds is 11. The lowest BCUT2D eigenvalue weighted by Gasteiger charge is -2.29. The minimum atomic E-state index is -4.48. The second-order valence-electron chi connectivity index (χ2n) is 9.62. The molecule has 0 atom stereocenters. The highest BCUT2D eigenvalue weighted by atomic mass is 19.4. The van der Waals surface area contributed by atoms with Gasteiger partial charge in [-0.05, 0) is 54.7 Å². The van der Waals surface area contributed by atoms with Gasteiger partial charge in [-0.2, -0.15) is 13.2 Å². The molecule has 0 saturated heterocycles. The molecular weight excluding hydrogens is 523 g/mol. The highest BCUT2D eigenvalue weighted by Crippen LogP contribution is 2.42. The van der Waals surface area contributed by atoms with E-state index in [1.54, 1.807) is 6.07 Å². The number of amides is 1. The third kappa shape index (κ3) is 8.08. The van der Waals surface area contributed by atoms with Gasteiger partial charge in [-0.15, -0.1) is 0 Å². The normalized spacial score (nSPS) is 13.5. The van der Waals surface area contributed by atoms with E-state index < -0.39 is 17.5 Å². The zero-order chi connectivity index (χ0) is 29.2. The summed E-state index contributed by atoms with van der Waals surface area (Å²) < 4.78 is 46.4. The molecule has 40 heavy (non-hydrogen) atoms. The first-order valence-corrected chi connectivity index (χ1v) is 13.2. The van der Waals surface area contributed by atoms with Crippen LogP contribution in [0.4, 0.5) is 13.2 Å². The van der Waals surface area contributed by atoms with Crippen molar-refractivity contribution in [2.75, 3.05) is 6.61 Å². The number of benzene rings is 3. The van der Waals surface area contributed by atoms with Crippen LogP contribution in [0.15, 0.2) is 72.8 Å². The Morgan fingerprint density at radius 1 is 0.975 bits per heavy atom. The monoisotopic (exact) mass is 557 g/mol. The molecule has 1 saturated carbocycles. The van der Waals surface area contributed by atoms with Gasteiger partial charge >= 0.3 is 6.18 Å². The summed E-state index contributed by atoms with van der Waals surface area (Å²) in [6, 6.07) is 18.9. The number of ether oxygens (including phenoxy) is 1. The SMILES string of the molecule is CCCCCCOc1ccccc1CN(C(=O)c1ccc(-c2ccccc2C(F)(F)F)cc1)C1(O)CC1.O=CO. The summed E-state index contributed by atoms with van der Waals surface area (Å²) in [6.45, 7) is 2.65. The van der Waals surface area contributed by atoms with Gasteiger partial charge in [0.25, 0.3) is 12.4 Å². The molecule has 3 aromatic rings. The third-order valence-electron chi connectivity index (χ3n) is 6.68. The van der Waals surface area contributed by atoms with Gasteiger partial charge < -0.3 is 19.8 Å². The maximum atomic E-state index is 13.5. The number of aliphatic hydroxyl groups is 1. The van der Waals surface area contributed by atoms with Crippen LogP contribution in [-0.4, -0.2) is 39.8 Å². The van der Waals surface area contributed by atoms with Crippen LogP contribution in [0.5, 0.6) is 5.75 Å². The van der Waals surface area contributed by atoms with Gasteiger partial charge in [-0.25, -0.2) is 0 Å². The van der Waals surface area contributed by atoms with Gasteiger partial charge in [0.1, 0.15) is 11.5 Å². The summed E-state index contributed by atoms with van der Waals surface area (Å²) in [7, 11) is 0. The molecule has 4 rings (SSSR count). The maximum absolute atomic E-state index is 13.5. The first-order chi connectivity index (χ1) is 19.1. The highest BCUT2D eigenvalue weighted by Gasteiger charge is 2.49. The minimum absolute atomic E-state index is 0.0525. The predicted molar refractivity (Wildman–Crippen MR) is 146 cm³/mol. The molecule has 1 aliphatic rings. The molecule has 0 unspecified atom stereocenters. The molecule has 3 aromatic carbocycles. The van der Waals surface area contributed by atoms with E-state index in [-0.39, 0.29) is 24.5 Å². The summed E-state index contributed by atoms with van der Waals surface area (Å²) >= 11 is 0. The number of carboxylic acid groups (broad SMARTS) is 1. The van der Waals surface area contributed by atoms with Crippen molar-refractivity contribution in [3.8, 4) is 16.9 Å². The number of nitrogens with zero attached hydrogens (tertiary/aromatic N) is 1. The minimum Gasteiger partial charge on any atom is -0.493 e. The zero-order valence-corrected chi connectivity index (χ0v) is 22.4. The molecule has 0 spiro atoms. The number of halogens is 3. The Kier molecular flexibility index (Phi) is 10.7. The van der Waals surface area contributed by atoms with Crippen molar-refractivity contribution in [2.45, 2.75) is 63.9 Å². The molecule has 0 bridgehead atoms. The number of para-hydroxylation sites is 1. The lowest BCUT2D eigenvalue weighted by Crippen LogP contribution is -2.41. The maximum Gasteiger partial charge on any atom is 0.417 e. The molecule has 0 aliphatic heterocycles. The fourth-order valence-electron chi connectivity index (χ4n) is 4.38. The van der Waals surface area contributed by atoms with Gasteiger partial charge in [0.2, 0.25) is 0 Å². The van der Waals surface area contributed by atoms with E-state index in [4.69, 9.17) is 14.6 Å². The molecule has 6 nitrogen and oxygen atoms in total. The zero-order valence-electron chi connectivity index (χ0n) is 22.4. The van der Waals surface area contributed by atoms with Crippen molar-refractivity contribution in [3.63, 3.8) is 0 Å². The lowest BCUT2D eigenvalue weighted by atomic mass is 9.98. The fourth-order valence-corrected chi connectivity index (χ4v) is 4.38. The van der Waals surface area contributed by atoms with E-state index in [1.807, 2.05) is 24.3 Å². The second kappa shape index (κ2) is 14.0. The van der Waals surface area contributed by atoms with Gasteiger partial charge in [0, 0.05) is 11.1 Å². The Labute approximate surface area is 232 Å². The predicted octanol–water partition coefficient (Wildman–Crippen LogP) is 7.16. The fraction of sp³-hybridized carbons (Fsp3) is 0.355. The third-order valence-corrected chi connectivity index (χ3v) is 6.68. The molecule has 0 aromatic heterocycles. The van der Waals surface area contributed by atoms with Crippen LogP contribution in [-0.2, 0) is 17.5 Å². The van der Waals surface area contributed by atoms with Crippen molar-refractivity contribution in [3.05, 3.63) is 89.5 Å². The Morgan fingerprint density at radius 3 is 2.23 bits per heavy atom. The van der Waals surface area contributed by atoms with E-state index in [2.05, 4.69) is 6.92 Å². The van der Waals surface area contributed by atoms with Crippen LogP contribution < -0.4 is 4.74 Å². The molecular formula is C31H34F3NO5. The number of carbonyl (C=O) groups is 2. The van der Waals surface area contributed by atoms with Crippen LogP contribution in [0.3, 0.4) is 0 Å². The largest absolute Gasteiger partial charge is 0.493 e. The lowest BCUT2D eigenvalue weighted by molar-refractivity contribution is -0.137. The van der Waals surface area contributed by atoms with E-state index in [1.165, 1.54) is 41.3 Å². The van der Waals surface area contributed by atoms with Crippen molar-refractivity contribution in [2.24, 2.45) is 0 Å². The van der Waals surface area contributed by atoms with Gasteiger partial charge in [-0.1, -0.05) is 74.7 Å². The summed E-state index contributed by atoms with van der Waals surface area (Å²) in [5, 5.41) is 17.8. The van der Waals surface area contributed by atoms with E-state index in [0.29, 0.717) is 36.3 Å². The molecule has 0 heterocycles. The van der Waals surface area contributed by atoms with E-state index >= 15 is 0 Å². The van der Waals surface area contributed by atoms with Gasteiger partial charge in [0.15, 0.2) is 0 Å². The number of hydrogen-bond acceptors (Lipinski definition) is 4. The number of unbranched alkanes of at least 4 members (excludes halogenated alkanes) is 3. The van der Waals surface area contributed by atoms with Crippen LogP contribution >= 0.6 is 0 Å². The number of hydrogen-bond donors (Lipinski definition) is 2. The van der Waals surface area contributed by atoms with Crippen LogP contribution in [0.2, 0.25) is 0 Å². The summed E-state index contributed by atoms with van der Waals surface area (Å²) in [5.74, 6) is 0.300. The van der Waals surface area contributed by atoms with E-state index in [0.717, 1.165) is 37.3 Å². The highest BCUT2D eigenvalue weighted by molar-refractivity contribution is 5.95. The molecule has 1 aliphatic carbocycles. The molecule has 1 fully saturated rings. The summed E-state index contributed by atoms with van der Waals surface area (Å²) in [5.41, 5.74) is -0.463. The standard InChI is InChI=1S/C30H32F3NO3.CH2O2/c1-2-3-4-9-20-37-27-13-8-5-10-24(27)21-34(29(36)18-19-29)28(35)23-16-14-22(15-17-23)25-11-6-7-12-26(25)30(31,32)33;2-1-3/h5-8,10-17,36H,2-4,9,18-21H2,1H3;1H,(H,2,3). The van der Waals surface area contributed by atoms with Crippen molar-refractivity contribution < 1.29 is 37.7 Å². The Morgan fingerprint density at radius 2 is 1.60 bits per heavy atom. The van der Waals surface area contributed by atoms with Crippen LogP contribution in [0, 0.1) is 0 Å². The molecule has 1 amide bonds. The van der Waals surface area contributed by atoms with Gasteiger partial charge in [-0.3, -0.25) is 9.59 Å². The number of carbonyl (C=O) groups excluding carboxylic acids is 1. The molecule has 9 heteroatoms. The Bertz CT molecular complexity index is 1260. The second-order valence-corrected chi connectivity index (χ2v) is 9.62. The topological polar surface area (TPSA) is 87.1 Å². The number of alkyl halides is 3. The molecule has 214 valence electrons. The quantitative estimate of drug-likeness (QED) is 0.148. The smallest absolute Gasteiger partial charge is 0.417 e. The first-order valence-electron chi connectivity index (χ1n) is 13.2. The average Bonchev–Trinajstić information content (AvgIpc) is 3.70. The Balaban J connectivity index is 0.00000141. The van der Waals surface area contributed by atoms with Crippen LogP contribution in [0.25, 0.3) is 11.1 Å². The first kappa shape index (κ1) is 30.7. The molecule has 0 radical (unpaired) electrons. The van der Waals surface area contributed by atoms with Crippen molar-refractivity contribution in [1.82, 2.24) is 4.90 Å². The van der Waals surface area contributed by atoms with Gasteiger partial charge in [0.05, 0.1) is 18.7 Å². The van der Waals surface area contributed by atoms with Crippen LogP contribution in [0.1, 0.15) is 66.9 Å². The summed E-state index contributed by atoms with van der Waals surface area (Å²) in [4.78, 5) is 23.3. The van der Waals surface area contributed by atoms with Crippen molar-refractivity contribution >= 4 is 12.4 Å². The molecule has 2 N–H and O–H groups in total. The van der Waals surface area contributed by atoms with Crippen molar-refractivity contribution in [1.29, 1.82) is 0 Å². The average molecular weight is 558 g/mol. The van der Waals surface area contributed by atoms with E-state index in [9.17, 15) is 23.1 Å². The Hall–Kier alpha value is -3.85.